The summed E-state index contributed by atoms with van der Waals surface area (Å²) in [6.45, 7) is 3.88. The van der Waals surface area contributed by atoms with Gasteiger partial charge in [0, 0.05) is 17.7 Å². The van der Waals surface area contributed by atoms with Crippen molar-refractivity contribution >= 4 is 11.5 Å². The van der Waals surface area contributed by atoms with Gasteiger partial charge in [-0.1, -0.05) is 49.4 Å². The number of carbonyl (C=O) groups excluding carboxylic acids is 1. The standard InChI is InChI=1S/C20H21NO2/c1-14-13-21(17-11-7-8-12-18(17)23-3)19(15(2)20(14)22)16-9-5-4-6-10-16/h4-13,15,19H,1-3H3/t15-,19+/m1/s1. The van der Waals surface area contributed by atoms with Gasteiger partial charge < -0.3 is 9.64 Å². The highest BCUT2D eigenvalue weighted by atomic mass is 16.5. The summed E-state index contributed by atoms with van der Waals surface area (Å²) in [7, 11) is 1.67. The van der Waals surface area contributed by atoms with Gasteiger partial charge in [-0.15, -0.1) is 0 Å². The van der Waals surface area contributed by atoms with E-state index in [2.05, 4.69) is 17.0 Å². The maximum Gasteiger partial charge on any atom is 0.165 e. The van der Waals surface area contributed by atoms with Crippen molar-refractivity contribution in [3.05, 3.63) is 71.9 Å². The van der Waals surface area contributed by atoms with Crippen LogP contribution in [0.4, 0.5) is 5.69 Å². The van der Waals surface area contributed by atoms with Gasteiger partial charge in [0.1, 0.15) is 5.75 Å². The average Bonchev–Trinajstić information content (AvgIpc) is 2.60. The Labute approximate surface area is 137 Å². The molecule has 3 nitrogen and oxygen atoms in total. The van der Waals surface area contributed by atoms with Crippen molar-refractivity contribution < 1.29 is 9.53 Å². The summed E-state index contributed by atoms with van der Waals surface area (Å²) in [6, 6.07) is 18.0. The number of hydrogen-bond donors (Lipinski definition) is 0. The molecule has 0 amide bonds. The van der Waals surface area contributed by atoms with E-state index < -0.39 is 0 Å². The van der Waals surface area contributed by atoms with Gasteiger partial charge in [-0.2, -0.15) is 0 Å². The van der Waals surface area contributed by atoms with Crippen LogP contribution in [0.3, 0.4) is 0 Å². The first-order valence-electron chi connectivity index (χ1n) is 7.82. The minimum absolute atomic E-state index is 0.0382. The lowest BCUT2D eigenvalue weighted by molar-refractivity contribution is -0.119. The molecule has 0 N–H and O–H groups in total. The van der Waals surface area contributed by atoms with Crippen LogP contribution in [0.5, 0.6) is 5.75 Å². The van der Waals surface area contributed by atoms with E-state index in [4.69, 9.17) is 4.74 Å². The van der Waals surface area contributed by atoms with Crippen molar-refractivity contribution in [3.63, 3.8) is 0 Å². The summed E-state index contributed by atoms with van der Waals surface area (Å²) in [5.41, 5.74) is 2.88. The Bertz CT molecular complexity index is 736. The molecule has 23 heavy (non-hydrogen) atoms. The molecule has 2 aromatic rings. The molecule has 3 rings (SSSR count). The number of benzene rings is 2. The second-order valence-electron chi connectivity index (χ2n) is 5.90. The van der Waals surface area contributed by atoms with E-state index in [1.54, 1.807) is 7.11 Å². The Hall–Kier alpha value is -2.55. The number of ether oxygens (including phenoxy) is 1. The third-order valence-corrected chi connectivity index (χ3v) is 4.41. The van der Waals surface area contributed by atoms with Gasteiger partial charge in [0.2, 0.25) is 0 Å². The molecule has 118 valence electrons. The largest absolute Gasteiger partial charge is 0.495 e. The SMILES string of the molecule is COc1ccccc1N1C=C(C)C(=O)[C@H](C)[C@H]1c1ccccc1. The molecule has 0 unspecified atom stereocenters. The van der Waals surface area contributed by atoms with Crippen LogP contribution in [0.1, 0.15) is 25.5 Å². The van der Waals surface area contributed by atoms with Crippen LogP contribution in [0, 0.1) is 5.92 Å². The fourth-order valence-electron chi connectivity index (χ4n) is 3.26. The average molecular weight is 307 g/mol. The zero-order valence-electron chi connectivity index (χ0n) is 13.7. The maximum absolute atomic E-state index is 12.5. The Morgan fingerprint density at radius 2 is 1.65 bits per heavy atom. The lowest BCUT2D eigenvalue weighted by Crippen LogP contribution is -2.37. The van der Waals surface area contributed by atoms with Crippen molar-refractivity contribution in [2.24, 2.45) is 5.92 Å². The number of methoxy groups -OCH3 is 1. The van der Waals surface area contributed by atoms with Crippen LogP contribution in [0.2, 0.25) is 0 Å². The molecule has 0 spiro atoms. The van der Waals surface area contributed by atoms with Gasteiger partial charge in [-0.05, 0) is 24.6 Å². The Balaban J connectivity index is 2.16. The molecular formula is C20H21NO2. The molecule has 0 aromatic heterocycles. The molecule has 0 saturated heterocycles. The van der Waals surface area contributed by atoms with Gasteiger partial charge >= 0.3 is 0 Å². The monoisotopic (exact) mass is 307 g/mol. The molecule has 2 atom stereocenters. The Kier molecular flexibility index (Phi) is 4.20. The molecule has 0 bridgehead atoms. The van der Waals surface area contributed by atoms with E-state index in [1.165, 1.54) is 0 Å². The molecule has 0 saturated carbocycles. The van der Waals surface area contributed by atoms with E-state index >= 15 is 0 Å². The molecule has 0 fully saturated rings. The van der Waals surface area contributed by atoms with Crippen LogP contribution in [0.15, 0.2) is 66.4 Å². The van der Waals surface area contributed by atoms with Crippen LogP contribution >= 0.6 is 0 Å². The summed E-state index contributed by atoms with van der Waals surface area (Å²) in [6.07, 6.45) is 1.94. The highest BCUT2D eigenvalue weighted by Crippen LogP contribution is 2.41. The number of ketones is 1. The second-order valence-corrected chi connectivity index (χ2v) is 5.90. The summed E-state index contributed by atoms with van der Waals surface area (Å²) in [5, 5.41) is 0. The number of hydrogen-bond acceptors (Lipinski definition) is 3. The zero-order valence-corrected chi connectivity index (χ0v) is 13.7. The third kappa shape index (κ3) is 2.74. The predicted molar refractivity (Wildman–Crippen MR) is 92.6 cm³/mol. The van der Waals surface area contributed by atoms with Gasteiger partial charge in [0.15, 0.2) is 5.78 Å². The normalized spacial score (nSPS) is 21.1. The topological polar surface area (TPSA) is 29.5 Å². The van der Waals surface area contributed by atoms with E-state index in [1.807, 2.05) is 62.5 Å². The number of anilines is 1. The van der Waals surface area contributed by atoms with Gasteiger partial charge in [-0.3, -0.25) is 4.79 Å². The van der Waals surface area contributed by atoms with Crippen LogP contribution in [-0.4, -0.2) is 12.9 Å². The van der Waals surface area contributed by atoms with Crippen LogP contribution in [-0.2, 0) is 4.79 Å². The first-order valence-corrected chi connectivity index (χ1v) is 7.82. The zero-order chi connectivity index (χ0) is 16.4. The molecule has 1 aliphatic rings. The third-order valence-electron chi connectivity index (χ3n) is 4.41. The number of Topliss-reactive ketones (excluding diaryl/α,β-unsaturated/α-hetero) is 1. The van der Waals surface area contributed by atoms with E-state index in [0.717, 1.165) is 22.6 Å². The highest BCUT2D eigenvalue weighted by molar-refractivity contribution is 5.99. The molecule has 0 radical (unpaired) electrons. The van der Waals surface area contributed by atoms with Gasteiger partial charge in [0.25, 0.3) is 0 Å². The summed E-state index contributed by atoms with van der Waals surface area (Å²) in [4.78, 5) is 14.7. The number of carbonyl (C=O) groups is 1. The van der Waals surface area contributed by atoms with Gasteiger partial charge in [0.05, 0.1) is 18.8 Å². The summed E-state index contributed by atoms with van der Waals surface area (Å²) >= 11 is 0. The van der Waals surface area contributed by atoms with Gasteiger partial charge in [-0.25, -0.2) is 0 Å². The molecule has 2 aromatic carbocycles. The van der Waals surface area contributed by atoms with Crippen molar-refractivity contribution in [2.45, 2.75) is 19.9 Å². The number of rotatable bonds is 3. The molecule has 1 aliphatic heterocycles. The summed E-state index contributed by atoms with van der Waals surface area (Å²) < 4.78 is 5.52. The predicted octanol–water partition coefficient (Wildman–Crippen LogP) is 4.37. The molecule has 1 heterocycles. The van der Waals surface area contributed by atoms with Crippen molar-refractivity contribution in [3.8, 4) is 5.75 Å². The molecule has 0 aliphatic carbocycles. The van der Waals surface area contributed by atoms with Crippen molar-refractivity contribution in [1.29, 1.82) is 0 Å². The minimum Gasteiger partial charge on any atom is -0.495 e. The maximum atomic E-state index is 12.5. The van der Waals surface area contributed by atoms with E-state index in [9.17, 15) is 4.79 Å². The second kappa shape index (κ2) is 6.29. The first kappa shape index (κ1) is 15.3. The fourth-order valence-corrected chi connectivity index (χ4v) is 3.26. The Morgan fingerprint density at radius 1 is 1.00 bits per heavy atom. The van der Waals surface area contributed by atoms with E-state index in [0.29, 0.717) is 0 Å². The fraction of sp³-hybridized carbons (Fsp3) is 0.250. The van der Waals surface area contributed by atoms with Crippen molar-refractivity contribution in [1.82, 2.24) is 0 Å². The number of nitrogens with zero attached hydrogens (tertiary/aromatic N) is 1. The summed E-state index contributed by atoms with van der Waals surface area (Å²) in [5.74, 6) is 0.886. The first-order chi connectivity index (χ1) is 11.1. The van der Waals surface area contributed by atoms with E-state index in [-0.39, 0.29) is 17.7 Å². The number of para-hydroxylation sites is 2. The van der Waals surface area contributed by atoms with Crippen LogP contribution < -0.4 is 9.64 Å². The van der Waals surface area contributed by atoms with Crippen molar-refractivity contribution in [2.75, 3.05) is 12.0 Å². The number of allylic oxidation sites excluding steroid dienone is 1. The minimum atomic E-state index is -0.118. The molecule has 3 heteroatoms. The van der Waals surface area contributed by atoms with Crippen LogP contribution in [0.25, 0.3) is 0 Å². The highest BCUT2D eigenvalue weighted by Gasteiger charge is 2.35. The lowest BCUT2D eigenvalue weighted by Gasteiger charge is -2.39. The Morgan fingerprint density at radius 3 is 2.35 bits per heavy atom. The molecular weight excluding hydrogens is 286 g/mol. The lowest BCUT2D eigenvalue weighted by atomic mass is 9.84. The smallest absolute Gasteiger partial charge is 0.165 e. The quantitative estimate of drug-likeness (QED) is 0.843.